The zero-order valence-corrected chi connectivity index (χ0v) is 11.5. The van der Waals surface area contributed by atoms with Crippen molar-refractivity contribution in [3.63, 3.8) is 0 Å². The molecule has 0 aromatic carbocycles. The monoisotopic (exact) mass is 279 g/mol. The highest BCUT2D eigenvalue weighted by atomic mass is 32.2. The van der Waals surface area contributed by atoms with E-state index in [1.807, 2.05) is 6.92 Å². The summed E-state index contributed by atoms with van der Waals surface area (Å²) in [7, 11) is -3.02. The highest BCUT2D eigenvalue weighted by molar-refractivity contribution is 7.91. The predicted octanol–water partition coefficient (Wildman–Crippen LogP) is -0.721. The van der Waals surface area contributed by atoms with Crippen molar-refractivity contribution in [2.24, 2.45) is 5.92 Å². The molecule has 1 unspecified atom stereocenters. The van der Waals surface area contributed by atoms with Crippen LogP contribution < -0.4 is 0 Å². The number of rotatable bonds is 7. The van der Waals surface area contributed by atoms with E-state index in [9.17, 15) is 13.2 Å². The number of amides is 1. The zero-order chi connectivity index (χ0) is 13.6. The van der Waals surface area contributed by atoms with Gasteiger partial charge in [-0.05, 0) is 13.3 Å². The Bertz CT molecular complexity index is 368. The fourth-order valence-corrected chi connectivity index (χ4v) is 3.75. The molecule has 1 aliphatic rings. The van der Waals surface area contributed by atoms with Crippen molar-refractivity contribution >= 4 is 15.7 Å². The Balaban J connectivity index is 2.42. The average molecular weight is 279 g/mol. The van der Waals surface area contributed by atoms with E-state index in [2.05, 4.69) is 0 Å². The van der Waals surface area contributed by atoms with Gasteiger partial charge in [0.25, 0.3) is 0 Å². The van der Waals surface area contributed by atoms with Crippen LogP contribution in [0.1, 0.15) is 13.3 Å². The summed E-state index contributed by atoms with van der Waals surface area (Å²) in [6, 6.07) is 0. The number of nitrogens with zero attached hydrogens (tertiary/aromatic N) is 1. The number of hydrogen-bond donors (Lipinski definition) is 1. The molecule has 0 radical (unpaired) electrons. The molecule has 0 saturated carbocycles. The van der Waals surface area contributed by atoms with Gasteiger partial charge in [-0.1, -0.05) is 0 Å². The molecule has 7 heteroatoms. The molecule has 1 aliphatic heterocycles. The molecule has 1 rings (SSSR count). The highest BCUT2D eigenvalue weighted by Gasteiger charge is 2.34. The molecular formula is C11H21NO5S. The van der Waals surface area contributed by atoms with Crippen LogP contribution >= 0.6 is 0 Å². The summed E-state index contributed by atoms with van der Waals surface area (Å²) in [4.78, 5) is 13.7. The van der Waals surface area contributed by atoms with Crippen molar-refractivity contribution in [1.82, 2.24) is 4.90 Å². The lowest BCUT2D eigenvalue weighted by atomic mass is 10.1. The molecule has 6 nitrogen and oxygen atoms in total. The third-order valence-electron chi connectivity index (χ3n) is 3.02. The van der Waals surface area contributed by atoms with E-state index in [4.69, 9.17) is 9.84 Å². The van der Waals surface area contributed by atoms with Gasteiger partial charge in [0.15, 0.2) is 9.84 Å². The second-order valence-electron chi connectivity index (χ2n) is 4.35. The van der Waals surface area contributed by atoms with Gasteiger partial charge in [-0.15, -0.1) is 0 Å². The lowest BCUT2D eigenvalue weighted by molar-refractivity contribution is -0.135. The van der Waals surface area contributed by atoms with Crippen LogP contribution in [0.2, 0.25) is 0 Å². The summed E-state index contributed by atoms with van der Waals surface area (Å²) >= 11 is 0. The van der Waals surface area contributed by atoms with Gasteiger partial charge in [0.2, 0.25) is 5.91 Å². The molecule has 1 atom stereocenters. The third kappa shape index (κ3) is 4.55. The molecule has 1 heterocycles. The number of aliphatic hydroxyl groups excluding tert-OH is 1. The van der Waals surface area contributed by atoms with Gasteiger partial charge in [0, 0.05) is 13.1 Å². The molecule has 1 saturated heterocycles. The van der Waals surface area contributed by atoms with Gasteiger partial charge in [-0.25, -0.2) is 8.42 Å². The maximum Gasteiger partial charge on any atom is 0.226 e. The number of sulfone groups is 1. The van der Waals surface area contributed by atoms with E-state index in [0.29, 0.717) is 26.1 Å². The van der Waals surface area contributed by atoms with Crippen molar-refractivity contribution in [3.05, 3.63) is 0 Å². The Morgan fingerprint density at radius 2 is 2.17 bits per heavy atom. The number of ether oxygens (including phenoxy) is 1. The van der Waals surface area contributed by atoms with Crippen molar-refractivity contribution in [3.8, 4) is 0 Å². The Labute approximate surface area is 108 Å². The first kappa shape index (κ1) is 15.4. The maximum absolute atomic E-state index is 12.1. The van der Waals surface area contributed by atoms with Crippen LogP contribution in [0.3, 0.4) is 0 Å². The molecular weight excluding hydrogens is 258 g/mol. The first-order valence-corrected chi connectivity index (χ1v) is 8.00. The van der Waals surface area contributed by atoms with E-state index < -0.39 is 15.8 Å². The fourth-order valence-electron chi connectivity index (χ4n) is 2.01. The largest absolute Gasteiger partial charge is 0.394 e. The molecule has 0 bridgehead atoms. The van der Waals surface area contributed by atoms with Crippen LogP contribution in [-0.4, -0.2) is 68.7 Å². The average Bonchev–Trinajstić information content (AvgIpc) is 2.69. The number of aliphatic hydroxyl groups is 1. The number of likely N-dealkylation sites (N-methyl/N-ethyl adjacent to an activating group) is 1. The van der Waals surface area contributed by atoms with Gasteiger partial charge in [-0.2, -0.15) is 0 Å². The van der Waals surface area contributed by atoms with Crippen molar-refractivity contribution in [1.29, 1.82) is 0 Å². The zero-order valence-electron chi connectivity index (χ0n) is 10.7. The summed E-state index contributed by atoms with van der Waals surface area (Å²) in [5.74, 6) is -0.416. The SMILES string of the molecule is CCN(CCOCCO)C(=O)C1CCS(=O)(=O)C1. The van der Waals surface area contributed by atoms with Crippen LogP contribution in [-0.2, 0) is 19.4 Å². The Hall–Kier alpha value is -0.660. The van der Waals surface area contributed by atoms with Crippen molar-refractivity contribution in [2.75, 3.05) is 44.4 Å². The fraction of sp³-hybridized carbons (Fsp3) is 0.909. The minimum Gasteiger partial charge on any atom is -0.394 e. The topological polar surface area (TPSA) is 83.9 Å². The summed E-state index contributed by atoms with van der Waals surface area (Å²) < 4.78 is 27.8. The summed E-state index contributed by atoms with van der Waals surface area (Å²) in [5.41, 5.74) is 0. The Morgan fingerprint density at radius 1 is 1.44 bits per heavy atom. The molecule has 0 aromatic rings. The summed E-state index contributed by atoms with van der Waals surface area (Å²) in [6.07, 6.45) is 0.426. The molecule has 0 spiro atoms. The van der Waals surface area contributed by atoms with Crippen molar-refractivity contribution < 1.29 is 23.1 Å². The predicted molar refractivity (Wildman–Crippen MR) is 66.9 cm³/mol. The second-order valence-corrected chi connectivity index (χ2v) is 6.58. The minimum atomic E-state index is -3.02. The Kier molecular flexibility index (Phi) is 6.04. The summed E-state index contributed by atoms with van der Waals surface area (Å²) in [5, 5.41) is 8.56. The minimum absolute atomic E-state index is 0.0279. The molecule has 1 amide bonds. The van der Waals surface area contributed by atoms with E-state index in [-0.39, 0.29) is 30.6 Å². The van der Waals surface area contributed by atoms with Gasteiger partial charge < -0.3 is 14.7 Å². The maximum atomic E-state index is 12.1. The molecule has 18 heavy (non-hydrogen) atoms. The van der Waals surface area contributed by atoms with Gasteiger partial charge in [0.1, 0.15) is 0 Å². The summed E-state index contributed by atoms with van der Waals surface area (Å²) in [6.45, 7) is 3.40. The van der Waals surface area contributed by atoms with Crippen LogP contribution in [0, 0.1) is 5.92 Å². The van der Waals surface area contributed by atoms with Gasteiger partial charge >= 0.3 is 0 Å². The van der Waals surface area contributed by atoms with Crippen LogP contribution in [0.15, 0.2) is 0 Å². The molecule has 1 N–H and O–H groups in total. The third-order valence-corrected chi connectivity index (χ3v) is 4.78. The highest BCUT2D eigenvalue weighted by Crippen LogP contribution is 2.20. The van der Waals surface area contributed by atoms with Gasteiger partial charge in [-0.3, -0.25) is 4.79 Å². The van der Waals surface area contributed by atoms with Crippen LogP contribution in [0.4, 0.5) is 0 Å². The number of carbonyl (C=O) groups excluding carboxylic acids is 1. The van der Waals surface area contributed by atoms with Crippen LogP contribution in [0.5, 0.6) is 0 Å². The number of hydrogen-bond acceptors (Lipinski definition) is 5. The van der Waals surface area contributed by atoms with Crippen molar-refractivity contribution in [2.45, 2.75) is 13.3 Å². The smallest absolute Gasteiger partial charge is 0.226 e. The first-order chi connectivity index (χ1) is 8.50. The van der Waals surface area contributed by atoms with E-state index in [1.165, 1.54) is 0 Å². The van der Waals surface area contributed by atoms with E-state index in [1.54, 1.807) is 4.90 Å². The molecule has 0 aromatic heterocycles. The van der Waals surface area contributed by atoms with E-state index in [0.717, 1.165) is 0 Å². The molecule has 1 fully saturated rings. The first-order valence-electron chi connectivity index (χ1n) is 6.18. The standard InChI is InChI=1S/C11H21NO5S/c1-2-12(4-6-17-7-5-13)11(14)10-3-8-18(15,16)9-10/h10,13H,2-9H2,1H3. The normalized spacial score (nSPS) is 22.0. The number of carbonyl (C=O) groups is 1. The van der Waals surface area contributed by atoms with Crippen LogP contribution in [0.25, 0.3) is 0 Å². The van der Waals surface area contributed by atoms with Gasteiger partial charge in [0.05, 0.1) is 37.2 Å². The lowest BCUT2D eigenvalue weighted by Crippen LogP contribution is -2.38. The second kappa shape index (κ2) is 7.06. The molecule has 0 aliphatic carbocycles. The Morgan fingerprint density at radius 3 is 2.67 bits per heavy atom. The van der Waals surface area contributed by atoms with E-state index >= 15 is 0 Å². The lowest BCUT2D eigenvalue weighted by Gasteiger charge is -2.23. The quantitative estimate of drug-likeness (QED) is 0.622. The molecule has 106 valence electrons.